The average Bonchev–Trinajstić information content (AvgIpc) is 2.25. The van der Waals surface area contributed by atoms with Gasteiger partial charge in [-0.2, -0.15) is 0 Å². The second-order valence-corrected chi connectivity index (χ2v) is 5.11. The first-order valence-electron chi connectivity index (χ1n) is 5.67. The highest BCUT2D eigenvalue weighted by molar-refractivity contribution is 6.30. The fourth-order valence-electron chi connectivity index (χ4n) is 1.62. The fraction of sp³-hybridized carbons (Fsp3) is 0.538. The SMILES string of the molecule is CNCCNCC(C)(C)c1ccc(Cl)cc1. The van der Waals surface area contributed by atoms with Crippen molar-refractivity contribution < 1.29 is 0 Å². The monoisotopic (exact) mass is 240 g/mol. The van der Waals surface area contributed by atoms with Crippen molar-refractivity contribution in [2.24, 2.45) is 0 Å². The molecule has 16 heavy (non-hydrogen) atoms. The Hall–Kier alpha value is -0.570. The highest BCUT2D eigenvalue weighted by Gasteiger charge is 2.19. The summed E-state index contributed by atoms with van der Waals surface area (Å²) < 4.78 is 0. The molecule has 0 amide bonds. The van der Waals surface area contributed by atoms with E-state index in [0.717, 1.165) is 24.7 Å². The first kappa shape index (κ1) is 13.5. The molecule has 2 N–H and O–H groups in total. The van der Waals surface area contributed by atoms with E-state index in [-0.39, 0.29) is 5.41 Å². The predicted octanol–water partition coefficient (Wildman–Crippen LogP) is 2.43. The number of nitrogens with one attached hydrogen (secondary N) is 2. The molecule has 1 rings (SSSR count). The van der Waals surface area contributed by atoms with Crippen molar-refractivity contribution in [3.63, 3.8) is 0 Å². The summed E-state index contributed by atoms with van der Waals surface area (Å²) in [7, 11) is 1.96. The van der Waals surface area contributed by atoms with Crippen LogP contribution in [-0.2, 0) is 5.41 Å². The van der Waals surface area contributed by atoms with Crippen LogP contribution in [-0.4, -0.2) is 26.7 Å². The number of benzene rings is 1. The van der Waals surface area contributed by atoms with Gasteiger partial charge in [0.1, 0.15) is 0 Å². The van der Waals surface area contributed by atoms with E-state index in [0.29, 0.717) is 0 Å². The molecular formula is C13H21ClN2. The van der Waals surface area contributed by atoms with Crippen LogP contribution in [0.1, 0.15) is 19.4 Å². The Balaban J connectivity index is 2.52. The maximum Gasteiger partial charge on any atom is 0.0406 e. The molecule has 0 aliphatic heterocycles. The van der Waals surface area contributed by atoms with Gasteiger partial charge in [0.15, 0.2) is 0 Å². The molecule has 0 aromatic heterocycles. The summed E-state index contributed by atoms with van der Waals surface area (Å²) in [4.78, 5) is 0. The fourth-order valence-corrected chi connectivity index (χ4v) is 1.74. The normalized spacial score (nSPS) is 11.8. The minimum absolute atomic E-state index is 0.137. The van der Waals surface area contributed by atoms with Crippen LogP contribution in [0.3, 0.4) is 0 Å². The molecule has 0 aliphatic rings. The maximum absolute atomic E-state index is 5.88. The lowest BCUT2D eigenvalue weighted by Crippen LogP contribution is -2.36. The van der Waals surface area contributed by atoms with E-state index in [1.165, 1.54) is 5.56 Å². The number of likely N-dealkylation sites (N-methyl/N-ethyl adjacent to an activating group) is 1. The molecule has 1 aromatic carbocycles. The maximum atomic E-state index is 5.88. The quantitative estimate of drug-likeness (QED) is 0.747. The molecule has 2 nitrogen and oxygen atoms in total. The van der Waals surface area contributed by atoms with Gasteiger partial charge in [-0.3, -0.25) is 0 Å². The third-order valence-corrected chi connectivity index (χ3v) is 3.00. The molecule has 0 radical (unpaired) electrons. The molecule has 0 atom stereocenters. The molecular weight excluding hydrogens is 220 g/mol. The summed E-state index contributed by atoms with van der Waals surface area (Å²) >= 11 is 5.88. The summed E-state index contributed by atoms with van der Waals surface area (Å²) in [5, 5.41) is 7.36. The molecule has 0 aliphatic carbocycles. The lowest BCUT2D eigenvalue weighted by atomic mass is 9.84. The molecule has 90 valence electrons. The average molecular weight is 241 g/mol. The molecule has 0 unspecified atom stereocenters. The van der Waals surface area contributed by atoms with E-state index in [9.17, 15) is 0 Å². The van der Waals surface area contributed by atoms with E-state index < -0.39 is 0 Å². The summed E-state index contributed by atoms with van der Waals surface area (Å²) in [5.74, 6) is 0. The molecule has 0 spiro atoms. The molecule has 0 saturated heterocycles. The Morgan fingerprint density at radius 1 is 1.12 bits per heavy atom. The van der Waals surface area contributed by atoms with E-state index in [1.807, 2.05) is 19.2 Å². The third kappa shape index (κ3) is 4.12. The van der Waals surface area contributed by atoms with E-state index in [4.69, 9.17) is 11.6 Å². The predicted molar refractivity (Wildman–Crippen MR) is 71.3 cm³/mol. The molecule has 0 heterocycles. The van der Waals surface area contributed by atoms with Crippen LogP contribution in [0.4, 0.5) is 0 Å². The van der Waals surface area contributed by atoms with E-state index in [1.54, 1.807) is 0 Å². The van der Waals surface area contributed by atoms with E-state index >= 15 is 0 Å². The van der Waals surface area contributed by atoms with Crippen molar-refractivity contribution in [1.82, 2.24) is 10.6 Å². The molecule has 0 saturated carbocycles. The van der Waals surface area contributed by atoms with Crippen LogP contribution < -0.4 is 10.6 Å². The van der Waals surface area contributed by atoms with Crippen LogP contribution in [0.2, 0.25) is 5.02 Å². The Morgan fingerprint density at radius 2 is 1.75 bits per heavy atom. The molecule has 0 fully saturated rings. The summed E-state index contributed by atoms with van der Waals surface area (Å²) in [6, 6.07) is 8.10. The third-order valence-electron chi connectivity index (χ3n) is 2.74. The highest BCUT2D eigenvalue weighted by Crippen LogP contribution is 2.23. The van der Waals surface area contributed by atoms with E-state index in [2.05, 4.69) is 36.6 Å². The Morgan fingerprint density at radius 3 is 2.31 bits per heavy atom. The van der Waals surface area contributed by atoms with Crippen molar-refractivity contribution in [3.8, 4) is 0 Å². The van der Waals surface area contributed by atoms with Gasteiger partial charge in [-0.05, 0) is 24.7 Å². The highest BCUT2D eigenvalue weighted by atomic mass is 35.5. The van der Waals surface area contributed by atoms with Gasteiger partial charge in [0.05, 0.1) is 0 Å². The summed E-state index contributed by atoms with van der Waals surface area (Å²) in [6.07, 6.45) is 0. The minimum atomic E-state index is 0.137. The van der Waals surface area contributed by atoms with Crippen molar-refractivity contribution in [2.75, 3.05) is 26.7 Å². The van der Waals surface area contributed by atoms with Gasteiger partial charge in [-0.15, -0.1) is 0 Å². The van der Waals surface area contributed by atoms with Gasteiger partial charge in [-0.1, -0.05) is 37.6 Å². The van der Waals surface area contributed by atoms with Crippen LogP contribution >= 0.6 is 11.6 Å². The number of hydrogen-bond acceptors (Lipinski definition) is 2. The van der Waals surface area contributed by atoms with Crippen LogP contribution in [0, 0.1) is 0 Å². The van der Waals surface area contributed by atoms with Crippen molar-refractivity contribution in [2.45, 2.75) is 19.3 Å². The zero-order chi connectivity index (χ0) is 12.0. The van der Waals surface area contributed by atoms with Gasteiger partial charge in [-0.25, -0.2) is 0 Å². The smallest absolute Gasteiger partial charge is 0.0406 e. The Bertz CT molecular complexity index is 306. The molecule has 3 heteroatoms. The van der Waals surface area contributed by atoms with Gasteiger partial charge < -0.3 is 10.6 Å². The summed E-state index contributed by atoms with van der Waals surface area (Å²) in [5.41, 5.74) is 1.45. The Kier molecular flexibility index (Phi) is 5.26. The minimum Gasteiger partial charge on any atom is -0.318 e. The lowest BCUT2D eigenvalue weighted by Gasteiger charge is -2.26. The van der Waals surface area contributed by atoms with Crippen molar-refractivity contribution in [3.05, 3.63) is 34.9 Å². The second-order valence-electron chi connectivity index (χ2n) is 4.67. The second kappa shape index (κ2) is 6.24. The number of rotatable bonds is 6. The summed E-state index contributed by atoms with van der Waals surface area (Å²) in [6.45, 7) is 7.44. The van der Waals surface area contributed by atoms with Crippen molar-refractivity contribution in [1.29, 1.82) is 0 Å². The van der Waals surface area contributed by atoms with Gasteiger partial charge in [0.2, 0.25) is 0 Å². The van der Waals surface area contributed by atoms with Crippen molar-refractivity contribution >= 4 is 11.6 Å². The Labute approximate surface area is 103 Å². The van der Waals surface area contributed by atoms with Gasteiger partial charge >= 0.3 is 0 Å². The van der Waals surface area contributed by atoms with Gasteiger partial charge in [0, 0.05) is 30.1 Å². The topological polar surface area (TPSA) is 24.1 Å². The van der Waals surface area contributed by atoms with Crippen LogP contribution in [0.25, 0.3) is 0 Å². The zero-order valence-electron chi connectivity index (χ0n) is 10.3. The first-order chi connectivity index (χ1) is 7.56. The largest absolute Gasteiger partial charge is 0.318 e. The molecule has 0 bridgehead atoms. The van der Waals surface area contributed by atoms with Crippen LogP contribution in [0.15, 0.2) is 24.3 Å². The molecule has 1 aromatic rings. The standard InChI is InChI=1S/C13H21ClN2/c1-13(2,10-16-9-8-15-3)11-4-6-12(14)7-5-11/h4-7,15-16H,8-10H2,1-3H3. The van der Waals surface area contributed by atoms with Crippen LogP contribution in [0.5, 0.6) is 0 Å². The first-order valence-corrected chi connectivity index (χ1v) is 6.05. The zero-order valence-corrected chi connectivity index (χ0v) is 11.1. The van der Waals surface area contributed by atoms with Gasteiger partial charge in [0.25, 0.3) is 0 Å². The lowest BCUT2D eigenvalue weighted by molar-refractivity contribution is 0.468. The number of halogens is 1. The number of hydrogen-bond donors (Lipinski definition) is 2.